The molecule has 43 heavy (non-hydrogen) atoms. The van der Waals surface area contributed by atoms with Crippen LogP contribution in [-0.4, -0.2) is 72.9 Å². The number of halogens is 2. The fourth-order valence-corrected chi connectivity index (χ4v) is 7.11. The fourth-order valence-electron chi connectivity index (χ4n) is 5.29. The van der Waals surface area contributed by atoms with Crippen molar-refractivity contribution >= 4 is 48.8 Å². The van der Waals surface area contributed by atoms with E-state index in [2.05, 4.69) is 11.1 Å². The number of pyridine rings is 1. The molecule has 0 radical (unpaired) electrons. The summed E-state index contributed by atoms with van der Waals surface area (Å²) in [5.74, 6) is -0.945. The van der Waals surface area contributed by atoms with E-state index in [0.29, 0.717) is 50.3 Å². The van der Waals surface area contributed by atoms with E-state index < -0.39 is 27.7 Å². The maximum absolute atomic E-state index is 15.9. The molecule has 0 saturated carbocycles. The van der Waals surface area contributed by atoms with Gasteiger partial charge in [-0.3, -0.25) is 0 Å². The molecule has 1 saturated heterocycles. The van der Waals surface area contributed by atoms with Crippen LogP contribution in [-0.2, 0) is 10.0 Å². The topological polar surface area (TPSA) is 114 Å². The number of aliphatic hydroxyl groups excluding tert-OH is 1. The third kappa shape index (κ3) is 6.05. The number of fused-ring (bicyclic) bond motifs is 1. The van der Waals surface area contributed by atoms with Crippen LogP contribution in [0.3, 0.4) is 0 Å². The lowest BCUT2D eigenvalue weighted by molar-refractivity contribution is 0.218. The Morgan fingerprint density at radius 2 is 1.88 bits per heavy atom. The van der Waals surface area contributed by atoms with Gasteiger partial charge in [0, 0.05) is 48.5 Å². The van der Waals surface area contributed by atoms with Gasteiger partial charge in [0.15, 0.2) is 10.9 Å². The van der Waals surface area contributed by atoms with Gasteiger partial charge < -0.3 is 14.9 Å². The summed E-state index contributed by atoms with van der Waals surface area (Å²) in [6.45, 7) is 6.55. The lowest BCUT2D eigenvalue weighted by atomic mass is 10.0. The Balaban J connectivity index is 1.65. The molecule has 226 valence electrons. The van der Waals surface area contributed by atoms with Crippen molar-refractivity contribution in [3.05, 3.63) is 64.7 Å². The van der Waals surface area contributed by atoms with Crippen molar-refractivity contribution in [3.63, 3.8) is 0 Å². The number of hydrogen-bond acceptors (Lipinski definition) is 9. The summed E-state index contributed by atoms with van der Waals surface area (Å²) >= 11 is 1.19. The molecular formula is C30H32F2N6O3S2. The second kappa shape index (κ2) is 12.1. The highest BCUT2D eigenvalue weighted by atomic mass is 32.2. The number of nitrogens with zero attached hydrogens (tertiary/aromatic N) is 6. The van der Waals surface area contributed by atoms with Gasteiger partial charge in [-0.05, 0) is 55.3 Å². The minimum atomic E-state index is -3.45. The van der Waals surface area contributed by atoms with Crippen LogP contribution in [0.4, 0.5) is 25.3 Å². The summed E-state index contributed by atoms with van der Waals surface area (Å²) in [6.07, 6.45) is 1.13. The zero-order valence-corrected chi connectivity index (χ0v) is 25.9. The van der Waals surface area contributed by atoms with E-state index in [-0.39, 0.29) is 37.7 Å². The summed E-state index contributed by atoms with van der Waals surface area (Å²) in [7, 11) is -3.45. The normalized spacial score (nSPS) is 16.2. The maximum atomic E-state index is 15.9. The second-order valence-electron chi connectivity index (χ2n) is 10.7. The highest BCUT2D eigenvalue weighted by Gasteiger charge is 2.32. The van der Waals surface area contributed by atoms with Crippen LogP contribution in [0.15, 0.2) is 42.5 Å². The largest absolute Gasteiger partial charge is 0.394 e. The lowest BCUT2D eigenvalue weighted by Crippen LogP contribution is -2.56. The van der Waals surface area contributed by atoms with Crippen LogP contribution in [0, 0.1) is 23.0 Å². The molecule has 2 aromatic heterocycles. The second-order valence-corrected chi connectivity index (χ2v) is 13.7. The quantitative estimate of drug-likeness (QED) is 0.283. The number of nitriles is 1. The van der Waals surface area contributed by atoms with Crippen LogP contribution in [0.5, 0.6) is 0 Å². The van der Waals surface area contributed by atoms with Crippen molar-refractivity contribution in [2.75, 3.05) is 48.8 Å². The van der Waals surface area contributed by atoms with Crippen molar-refractivity contribution in [1.29, 1.82) is 5.26 Å². The summed E-state index contributed by atoms with van der Waals surface area (Å²) in [5, 5.41) is 21.1. The van der Waals surface area contributed by atoms with E-state index in [1.165, 1.54) is 33.8 Å². The Morgan fingerprint density at radius 3 is 2.49 bits per heavy atom. The van der Waals surface area contributed by atoms with Gasteiger partial charge in [0.05, 0.1) is 24.6 Å². The molecular weight excluding hydrogens is 594 g/mol. The molecule has 0 bridgehead atoms. The number of thiazole rings is 1. The predicted molar refractivity (Wildman–Crippen MR) is 165 cm³/mol. The van der Waals surface area contributed by atoms with Gasteiger partial charge in [0.25, 0.3) is 0 Å². The first-order valence-electron chi connectivity index (χ1n) is 13.9. The summed E-state index contributed by atoms with van der Waals surface area (Å²) in [5.41, 5.74) is 3.04. The van der Waals surface area contributed by atoms with Gasteiger partial charge >= 0.3 is 0 Å². The molecule has 0 amide bonds. The third-order valence-corrected chi connectivity index (χ3v) is 9.82. The molecule has 9 nitrogen and oxygen atoms in total. The SMILES string of the molecule is CCN(c1nc(-c2ccc(F)cc2)c(C#N)s1)c1cc(C(C)C)nc2c(F)cc(N3CCN(S(C)(=O)=O)CC3CO)cc12. The van der Waals surface area contributed by atoms with Crippen molar-refractivity contribution < 1.29 is 22.3 Å². The van der Waals surface area contributed by atoms with E-state index in [9.17, 15) is 23.2 Å². The first kappa shape index (κ1) is 30.7. The van der Waals surface area contributed by atoms with Gasteiger partial charge in [0.2, 0.25) is 10.0 Å². The zero-order valence-electron chi connectivity index (χ0n) is 24.3. The molecule has 0 aliphatic carbocycles. The first-order chi connectivity index (χ1) is 20.4. The Hall–Kier alpha value is -3.70. The van der Waals surface area contributed by atoms with E-state index in [1.54, 1.807) is 12.1 Å². The standard InChI is InChI=1S/C30H32F2N6O3S2/c1-5-37(30-35-28(27(15-33)42-30)19-6-8-20(31)9-7-19)26-14-25(18(2)3)34-29-23(26)12-21(13-24(29)32)38-11-10-36(43(4,40)41)16-22(38)17-39/h6-9,12-14,18,22,39H,5,10-11,16-17H2,1-4H3. The molecule has 3 heterocycles. The van der Waals surface area contributed by atoms with Crippen LogP contribution in [0.1, 0.15) is 37.3 Å². The zero-order chi connectivity index (χ0) is 31.1. The number of aromatic nitrogens is 2. The van der Waals surface area contributed by atoms with Gasteiger partial charge in [0.1, 0.15) is 28.0 Å². The highest BCUT2D eigenvalue weighted by Crippen LogP contribution is 2.41. The van der Waals surface area contributed by atoms with Crippen molar-refractivity contribution in [2.45, 2.75) is 32.7 Å². The van der Waals surface area contributed by atoms with Crippen molar-refractivity contribution in [1.82, 2.24) is 14.3 Å². The molecule has 1 aliphatic heterocycles. The molecule has 13 heteroatoms. The van der Waals surface area contributed by atoms with Gasteiger partial charge in [-0.2, -0.15) is 9.57 Å². The Labute approximate surface area is 253 Å². The molecule has 2 aromatic carbocycles. The number of hydrogen-bond donors (Lipinski definition) is 1. The van der Waals surface area contributed by atoms with E-state index >= 15 is 4.39 Å². The van der Waals surface area contributed by atoms with E-state index in [0.717, 1.165) is 6.26 Å². The molecule has 1 atom stereocenters. The minimum absolute atomic E-state index is 0.00971. The predicted octanol–water partition coefficient (Wildman–Crippen LogP) is 5.23. The highest BCUT2D eigenvalue weighted by molar-refractivity contribution is 7.88. The van der Waals surface area contributed by atoms with E-state index in [1.807, 2.05) is 42.7 Å². The molecule has 0 spiro atoms. The van der Waals surface area contributed by atoms with Crippen LogP contribution >= 0.6 is 11.3 Å². The monoisotopic (exact) mass is 626 g/mol. The summed E-state index contributed by atoms with van der Waals surface area (Å²) in [4.78, 5) is 13.5. The average Bonchev–Trinajstić information content (AvgIpc) is 3.41. The molecule has 1 fully saturated rings. The molecule has 5 rings (SSSR count). The van der Waals surface area contributed by atoms with Gasteiger partial charge in [-0.25, -0.2) is 27.2 Å². The first-order valence-corrected chi connectivity index (χ1v) is 16.5. The minimum Gasteiger partial charge on any atom is -0.394 e. The number of rotatable bonds is 8. The molecule has 1 aliphatic rings. The molecule has 1 unspecified atom stereocenters. The average molecular weight is 627 g/mol. The molecule has 1 N–H and O–H groups in total. The number of aliphatic hydroxyl groups is 1. The van der Waals surface area contributed by atoms with Crippen LogP contribution in [0.25, 0.3) is 22.2 Å². The van der Waals surface area contributed by atoms with Crippen LogP contribution in [0.2, 0.25) is 0 Å². The Bertz CT molecular complexity index is 1810. The Kier molecular flexibility index (Phi) is 8.67. The lowest BCUT2D eigenvalue weighted by Gasteiger charge is -2.41. The van der Waals surface area contributed by atoms with Gasteiger partial charge in [-0.15, -0.1) is 0 Å². The number of piperazine rings is 1. The maximum Gasteiger partial charge on any atom is 0.211 e. The Morgan fingerprint density at radius 1 is 1.16 bits per heavy atom. The fraction of sp³-hybridized carbons (Fsp3) is 0.367. The number of benzene rings is 2. The summed E-state index contributed by atoms with van der Waals surface area (Å²) in [6, 6.07) is 12.5. The number of anilines is 3. The van der Waals surface area contributed by atoms with Gasteiger partial charge in [-0.1, -0.05) is 25.2 Å². The smallest absolute Gasteiger partial charge is 0.211 e. The van der Waals surface area contributed by atoms with E-state index in [4.69, 9.17) is 4.98 Å². The van der Waals surface area contributed by atoms with Crippen molar-refractivity contribution in [3.8, 4) is 17.3 Å². The summed E-state index contributed by atoms with van der Waals surface area (Å²) < 4.78 is 55.1. The third-order valence-electron chi connectivity index (χ3n) is 7.57. The number of sulfonamides is 1. The molecule has 4 aromatic rings. The van der Waals surface area contributed by atoms with Crippen LogP contribution < -0.4 is 9.80 Å². The van der Waals surface area contributed by atoms with Crippen molar-refractivity contribution in [2.24, 2.45) is 0 Å².